The van der Waals surface area contributed by atoms with E-state index in [1.807, 2.05) is 0 Å². The summed E-state index contributed by atoms with van der Waals surface area (Å²) in [6.45, 7) is 0. The predicted octanol–water partition coefficient (Wildman–Crippen LogP) is 1.81. The monoisotopic (exact) mass is 190 g/mol. The zero-order chi connectivity index (χ0) is 10.4. The number of hydrogen-bond acceptors (Lipinski definition) is 3. The number of allylic oxidation sites excluding steroid dienone is 1. The highest BCUT2D eigenvalue weighted by molar-refractivity contribution is 5.84. The molecule has 0 fully saturated rings. The number of carbonyl (C=O) groups is 2. The van der Waals surface area contributed by atoms with Gasteiger partial charge >= 0.3 is 0 Å². The standard InChI is InChI=1S/C11H10O3/c12-7-2-1-5-10-9(8-13)4-3-6-11(10)14/h1,3-8,14H,2H2. The fourth-order valence-corrected chi connectivity index (χ4v) is 1.10. The molecule has 0 radical (unpaired) electrons. The number of phenols is 1. The Labute approximate surface area is 81.7 Å². The van der Waals surface area contributed by atoms with Crippen LogP contribution in [0.5, 0.6) is 5.75 Å². The number of aldehydes is 2. The van der Waals surface area contributed by atoms with Gasteiger partial charge in [-0.3, -0.25) is 4.79 Å². The minimum absolute atomic E-state index is 0.0387. The Bertz CT molecular complexity index is 367. The highest BCUT2D eigenvalue weighted by atomic mass is 16.3. The van der Waals surface area contributed by atoms with Gasteiger partial charge in [0, 0.05) is 17.5 Å². The molecule has 1 aromatic rings. The van der Waals surface area contributed by atoms with E-state index >= 15 is 0 Å². The zero-order valence-corrected chi connectivity index (χ0v) is 7.51. The number of carbonyl (C=O) groups excluding carboxylic acids is 2. The number of rotatable bonds is 4. The lowest BCUT2D eigenvalue weighted by atomic mass is 10.1. The zero-order valence-electron chi connectivity index (χ0n) is 7.51. The lowest BCUT2D eigenvalue weighted by Crippen LogP contribution is -1.86. The van der Waals surface area contributed by atoms with E-state index in [2.05, 4.69) is 0 Å². The van der Waals surface area contributed by atoms with Gasteiger partial charge in [-0.25, -0.2) is 0 Å². The molecule has 14 heavy (non-hydrogen) atoms. The molecule has 0 atom stereocenters. The Morgan fingerprint density at radius 3 is 2.71 bits per heavy atom. The Morgan fingerprint density at radius 1 is 1.29 bits per heavy atom. The van der Waals surface area contributed by atoms with E-state index in [1.165, 1.54) is 6.07 Å². The molecule has 0 aromatic heterocycles. The van der Waals surface area contributed by atoms with Crippen molar-refractivity contribution in [2.24, 2.45) is 0 Å². The van der Waals surface area contributed by atoms with Crippen LogP contribution in [0.1, 0.15) is 22.3 Å². The second kappa shape index (κ2) is 4.97. The number of aromatic hydroxyl groups is 1. The largest absolute Gasteiger partial charge is 0.507 e. The molecule has 3 heteroatoms. The van der Waals surface area contributed by atoms with Gasteiger partial charge in [0.15, 0.2) is 6.29 Å². The van der Waals surface area contributed by atoms with Gasteiger partial charge in [-0.05, 0) is 6.07 Å². The molecule has 0 spiro atoms. The summed E-state index contributed by atoms with van der Waals surface area (Å²) in [7, 11) is 0. The van der Waals surface area contributed by atoms with Gasteiger partial charge in [-0.15, -0.1) is 0 Å². The van der Waals surface area contributed by atoms with Crippen LogP contribution in [0.25, 0.3) is 6.08 Å². The second-order valence-electron chi connectivity index (χ2n) is 2.70. The average Bonchev–Trinajstić information content (AvgIpc) is 2.20. The minimum Gasteiger partial charge on any atom is -0.507 e. The van der Waals surface area contributed by atoms with Gasteiger partial charge < -0.3 is 9.90 Å². The first-order valence-electron chi connectivity index (χ1n) is 4.17. The van der Waals surface area contributed by atoms with Crippen LogP contribution in [0.4, 0.5) is 0 Å². The van der Waals surface area contributed by atoms with Crippen LogP contribution in [0.2, 0.25) is 0 Å². The summed E-state index contributed by atoms with van der Waals surface area (Å²) in [5.74, 6) is 0.0387. The van der Waals surface area contributed by atoms with Crippen LogP contribution in [0, 0.1) is 0 Å². The molecule has 0 aliphatic rings. The molecule has 3 nitrogen and oxygen atoms in total. The lowest BCUT2D eigenvalue weighted by Gasteiger charge is -2.00. The van der Waals surface area contributed by atoms with Crippen molar-refractivity contribution in [3.63, 3.8) is 0 Å². The number of phenolic OH excluding ortho intramolecular Hbond substituents is 1. The molecule has 1 rings (SSSR count). The van der Waals surface area contributed by atoms with E-state index < -0.39 is 0 Å². The first-order chi connectivity index (χ1) is 6.79. The van der Waals surface area contributed by atoms with Crippen molar-refractivity contribution in [1.82, 2.24) is 0 Å². The highest BCUT2D eigenvalue weighted by Crippen LogP contribution is 2.21. The van der Waals surface area contributed by atoms with Crippen LogP contribution in [-0.2, 0) is 4.79 Å². The first-order valence-corrected chi connectivity index (χ1v) is 4.17. The minimum atomic E-state index is 0.0387. The van der Waals surface area contributed by atoms with E-state index in [-0.39, 0.29) is 12.2 Å². The normalized spacial score (nSPS) is 10.3. The predicted molar refractivity (Wildman–Crippen MR) is 53.2 cm³/mol. The molecule has 0 saturated carbocycles. The summed E-state index contributed by atoms with van der Waals surface area (Å²) in [6.07, 6.45) is 4.84. The summed E-state index contributed by atoms with van der Waals surface area (Å²) in [4.78, 5) is 20.6. The van der Waals surface area contributed by atoms with Crippen LogP contribution < -0.4 is 0 Å². The third-order valence-electron chi connectivity index (χ3n) is 1.76. The van der Waals surface area contributed by atoms with Gasteiger partial charge in [0.1, 0.15) is 12.0 Å². The van der Waals surface area contributed by atoms with Crippen LogP contribution in [0.15, 0.2) is 24.3 Å². The van der Waals surface area contributed by atoms with E-state index in [1.54, 1.807) is 24.3 Å². The van der Waals surface area contributed by atoms with E-state index in [9.17, 15) is 14.7 Å². The van der Waals surface area contributed by atoms with Gasteiger partial charge in [-0.1, -0.05) is 24.3 Å². The van der Waals surface area contributed by atoms with Crippen molar-refractivity contribution < 1.29 is 14.7 Å². The van der Waals surface area contributed by atoms with Crippen LogP contribution in [0.3, 0.4) is 0 Å². The molecule has 0 amide bonds. The van der Waals surface area contributed by atoms with Crippen molar-refractivity contribution in [1.29, 1.82) is 0 Å². The maximum Gasteiger partial charge on any atom is 0.150 e. The molecular weight excluding hydrogens is 180 g/mol. The smallest absolute Gasteiger partial charge is 0.150 e. The molecule has 72 valence electrons. The maximum atomic E-state index is 10.6. The molecule has 0 saturated heterocycles. The maximum absolute atomic E-state index is 10.6. The third kappa shape index (κ3) is 2.29. The molecular formula is C11H10O3. The van der Waals surface area contributed by atoms with Crippen molar-refractivity contribution in [2.75, 3.05) is 0 Å². The quantitative estimate of drug-likeness (QED) is 0.736. The number of hydrogen-bond donors (Lipinski definition) is 1. The van der Waals surface area contributed by atoms with Crippen molar-refractivity contribution in [3.05, 3.63) is 35.4 Å². The van der Waals surface area contributed by atoms with Crippen molar-refractivity contribution >= 4 is 18.6 Å². The number of benzene rings is 1. The Morgan fingerprint density at radius 2 is 2.07 bits per heavy atom. The molecule has 1 aromatic carbocycles. The second-order valence-corrected chi connectivity index (χ2v) is 2.70. The van der Waals surface area contributed by atoms with E-state index in [0.29, 0.717) is 17.4 Å². The Hall–Kier alpha value is -1.90. The molecule has 0 bridgehead atoms. The summed E-state index contributed by atoms with van der Waals surface area (Å²) >= 11 is 0. The molecule has 1 N–H and O–H groups in total. The molecule has 0 aliphatic heterocycles. The Balaban J connectivity index is 3.04. The van der Waals surface area contributed by atoms with Gasteiger partial charge in [0.25, 0.3) is 0 Å². The summed E-state index contributed by atoms with van der Waals surface area (Å²) in [6, 6.07) is 4.69. The van der Waals surface area contributed by atoms with Crippen molar-refractivity contribution in [2.45, 2.75) is 6.42 Å². The molecule has 0 heterocycles. The fourth-order valence-electron chi connectivity index (χ4n) is 1.10. The summed E-state index contributed by atoms with van der Waals surface area (Å²) < 4.78 is 0. The van der Waals surface area contributed by atoms with E-state index in [4.69, 9.17) is 0 Å². The van der Waals surface area contributed by atoms with Crippen molar-refractivity contribution in [3.8, 4) is 5.75 Å². The average molecular weight is 190 g/mol. The summed E-state index contributed by atoms with van der Waals surface area (Å²) in [5.41, 5.74) is 0.858. The van der Waals surface area contributed by atoms with Gasteiger partial charge in [-0.2, -0.15) is 0 Å². The molecule has 0 aliphatic carbocycles. The highest BCUT2D eigenvalue weighted by Gasteiger charge is 2.02. The van der Waals surface area contributed by atoms with Crippen LogP contribution in [-0.4, -0.2) is 17.7 Å². The Kier molecular flexibility index (Phi) is 3.61. The van der Waals surface area contributed by atoms with E-state index in [0.717, 1.165) is 6.29 Å². The first kappa shape index (κ1) is 10.2. The summed E-state index contributed by atoms with van der Waals surface area (Å²) in [5, 5.41) is 9.42. The van der Waals surface area contributed by atoms with Crippen LogP contribution >= 0.6 is 0 Å². The lowest BCUT2D eigenvalue weighted by molar-refractivity contribution is -0.107. The third-order valence-corrected chi connectivity index (χ3v) is 1.76. The van der Waals surface area contributed by atoms with Gasteiger partial charge in [0.2, 0.25) is 0 Å². The SMILES string of the molecule is O=CCC=Cc1c(O)cccc1C=O. The molecule has 0 unspecified atom stereocenters. The topological polar surface area (TPSA) is 54.4 Å². The fraction of sp³-hybridized carbons (Fsp3) is 0.0909. The van der Waals surface area contributed by atoms with Gasteiger partial charge in [0.05, 0.1) is 0 Å².